The van der Waals surface area contributed by atoms with Gasteiger partial charge in [-0.1, -0.05) is 112 Å². The maximum absolute atomic E-state index is 11.0. The van der Waals surface area contributed by atoms with Crippen LogP contribution in [0.15, 0.2) is 0 Å². The van der Waals surface area contributed by atoms with Gasteiger partial charge in [0.15, 0.2) is 0 Å². The summed E-state index contributed by atoms with van der Waals surface area (Å²) in [7, 11) is 2.13. The average molecular weight is 911 g/mol. The van der Waals surface area contributed by atoms with Crippen LogP contribution in [0.25, 0.3) is 0 Å². The Kier molecular flexibility index (Phi) is 41.9. The molecule has 0 saturated heterocycles. The molecule has 374 valence electrons. The summed E-state index contributed by atoms with van der Waals surface area (Å²) in [6.07, 6.45) is 15.6. The molecule has 0 rings (SSSR count). The molecule has 0 aliphatic carbocycles. The summed E-state index contributed by atoms with van der Waals surface area (Å²) in [6, 6.07) is 0.626. The van der Waals surface area contributed by atoms with Crippen LogP contribution in [0.2, 0.25) is 6.04 Å². The van der Waals surface area contributed by atoms with Crippen molar-refractivity contribution in [1.29, 1.82) is 0 Å². The van der Waals surface area contributed by atoms with E-state index in [9.17, 15) is 20.4 Å². The number of aliphatic hydroxyl groups is 4. The Morgan fingerprint density at radius 3 is 1.02 bits per heavy atom. The average Bonchev–Trinajstić information content (AvgIpc) is 3.26. The molecule has 0 radical (unpaired) electrons. The standard InChI is InChI=1S/C48H102N2O11Si/c1-10-16-24-42(13-4)35-59-39-46(52)32-49(31-45(51)38-58-29-23-30-62(55-7,56-8)57-9)27-21-19-20-22-28-50(33-47(53)40-60-36-43(14-5)25-17-11-2)34-48(54)41-61-37-44(15-6)26-18-12-3/h42-48,51-54H,10-41H2,1-9H3/t42?,43?,44?,45?,46?,47-,48?/m0/s1. The fourth-order valence-electron chi connectivity index (χ4n) is 7.91. The Morgan fingerprint density at radius 1 is 0.403 bits per heavy atom. The van der Waals surface area contributed by atoms with Gasteiger partial charge in [0.05, 0.1) is 50.8 Å². The van der Waals surface area contributed by atoms with Crippen molar-refractivity contribution in [2.75, 3.05) is 113 Å². The van der Waals surface area contributed by atoms with Crippen molar-refractivity contribution in [2.24, 2.45) is 17.8 Å². The van der Waals surface area contributed by atoms with Crippen LogP contribution < -0.4 is 0 Å². The van der Waals surface area contributed by atoms with E-state index in [-0.39, 0.29) is 13.2 Å². The number of aliphatic hydroxyl groups excluding tert-OH is 4. The molecule has 13 nitrogen and oxygen atoms in total. The van der Waals surface area contributed by atoms with Gasteiger partial charge in [-0.15, -0.1) is 0 Å². The molecule has 0 aromatic rings. The SMILES string of the molecule is CCCCC(CC)COCC(O)CN(CCCCCCN(CC(O)COCC(CC)CCCC)C[C@H](O)COCC(CC)CCCC)CC(O)COCCC[Si](OC)(OC)OC. The second kappa shape index (κ2) is 42.1. The lowest BCUT2D eigenvalue weighted by molar-refractivity contribution is -0.0209. The minimum Gasteiger partial charge on any atom is -0.389 e. The Morgan fingerprint density at radius 2 is 0.726 bits per heavy atom. The fourth-order valence-corrected chi connectivity index (χ4v) is 9.60. The van der Waals surface area contributed by atoms with Crippen LogP contribution in [0.4, 0.5) is 0 Å². The molecule has 0 aromatic carbocycles. The van der Waals surface area contributed by atoms with E-state index in [4.69, 9.17) is 32.2 Å². The normalized spacial score (nSPS) is 15.9. The summed E-state index contributed by atoms with van der Waals surface area (Å²) < 4.78 is 40.3. The third-order valence-corrected chi connectivity index (χ3v) is 15.0. The summed E-state index contributed by atoms with van der Waals surface area (Å²) in [5.74, 6) is 1.55. The van der Waals surface area contributed by atoms with E-state index in [1.54, 1.807) is 21.3 Å². The molecule has 0 bridgehead atoms. The van der Waals surface area contributed by atoms with Crippen molar-refractivity contribution in [3.05, 3.63) is 0 Å². The van der Waals surface area contributed by atoms with Crippen molar-refractivity contribution >= 4 is 8.80 Å². The fraction of sp³-hybridized carbons (Fsp3) is 1.00. The highest BCUT2D eigenvalue weighted by Crippen LogP contribution is 2.17. The largest absolute Gasteiger partial charge is 0.500 e. The van der Waals surface area contributed by atoms with Crippen LogP contribution >= 0.6 is 0 Å². The molecule has 0 saturated carbocycles. The summed E-state index contributed by atoms with van der Waals surface area (Å²) in [6.45, 7) is 19.9. The smallest absolute Gasteiger partial charge is 0.389 e. The van der Waals surface area contributed by atoms with Gasteiger partial charge in [0.2, 0.25) is 0 Å². The minimum absolute atomic E-state index is 0.194. The van der Waals surface area contributed by atoms with Crippen molar-refractivity contribution in [2.45, 2.75) is 181 Å². The number of nitrogens with zero attached hydrogens (tertiary/aromatic N) is 2. The third-order valence-electron chi connectivity index (χ3n) is 12.2. The van der Waals surface area contributed by atoms with E-state index in [1.165, 1.54) is 38.5 Å². The van der Waals surface area contributed by atoms with Gasteiger partial charge in [0.25, 0.3) is 0 Å². The molecule has 0 heterocycles. The molecule has 0 aliphatic heterocycles. The second-order valence-electron chi connectivity index (χ2n) is 17.9. The van der Waals surface area contributed by atoms with Crippen LogP contribution in [0.1, 0.15) is 151 Å². The van der Waals surface area contributed by atoms with Crippen LogP contribution in [0.5, 0.6) is 0 Å². The van der Waals surface area contributed by atoms with E-state index < -0.39 is 33.2 Å². The van der Waals surface area contributed by atoms with Crippen molar-refractivity contribution < 1.29 is 52.7 Å². The molecular weight excluding hydrogens is 809 g/mol. The molecule has 62 heavy (non-hydrogen) atoms. The van der Waals surface area contributed by atoms with Gasteiger partial charge in [-0.2, -0.15) is 0 Å². The zero-order valence-electron chi connectivity index (χ0n) is 41.7. The zero-order chi connectivity index (χ0) is 46.3. The molecule has 0 aliphatic rings. The number of rotatable bonds is 48. The first-order valence-electron chi connectivity index (χ1n) is 25.1. The van der Waals surface area contributed by atoms with E-state index in [1.807, 2.05) is 0 Å². The number of unbranched alkanes of at least 4 members (excludes halogenated alkanes) is 6. The van der Waals surface area contributed by atoms with Gasteiger partial charge in [-0.05, 0) is 69.4 Å². The molecule has 7 atom stereocenters. The monoisotopic (exact) mass is 911 g/mol. The van der Waals surface area contributed by atoms with Crippen molar-refractivity contribution in [1.82, 2.24) is 9.80 Å². The van der Waals surface area contributed by atoms with Crippen LogP contribution in [-0.4, -0.2) is 177 Å². The Bertz CT molecular complexity index is 905. The van der Waals surface area contributed by atoms with Crippen molar-refractivity contribution in [3.63, 3.8) is 0 Å². The molecule has 0 fully saturated rings. The van der Waals surface area contributed by atoms with E-state index in [0.29, 0.717) is 96.0 Å². The lowest BCUT2D eigenvalue weighted by atomic mass is 10.0. The van der Waals surface area contributed by atoms with Gasteiger partial charge in [-0.3, -0.25) is 9.80 Å². The van der Waals surface area contributed by atoms with Crippen LogP contribution in [-0.2, 0) is 32.2 Å². The second-order valence-corrected chi connectivity index (χ2v) is 21.0. The van der Waals surface area contributed by atoms with Crippen LogP contribution in [0.3, 0.4) is 0 Å². The van der Waals surface area contributed by atoms with Gasteiger partial charge >= 0.3 is 8.80 Å². The maximum Gasteiger partial charge on any atom is 0.500 e. The third kappa shape index (κ3) is 33.2. The first-order chi connectivity index (χ1) is 30.0. The number of hydrogen-bond donors (Lipinski definition) is 4. The highest BCUT2D eigenvalue weighted by atomic mass is 28.4. The van der Waals surface area contributed by atoms with E-state index in [0.717, 1.165) is 77.3 Å². The lowest BCUT2D eigenvalue weighted by Crippen LogP contribution is -2.43. The topological polar surface area (TPSA) is 152 Å². The molecule has 0 amide bonds. The van der Waals surface area contributed by atoms with E-state index in [2.05, 4.69) is 51.3 Å². The summed E-state index contributed by atoms with van der Waals surface area (Å²) >= 11 is 0. The molecular formula is C48H102N2O11Si. The number of hydrogen-bond acceptors (Lipinski definition) is 13. The first kappa shape index (κ1) is 61.7. The predicted molar refractivity (Wildman–Crippen MR) is 255 cm³/mol. The summed E-state index contributed by atoms with van der Waals surface area (Å²) in [5, 5.41) is 44.0. The Labute approximate surface area is 382 Å². The molecule has 0 spiro atoms. The Hall–Kier alpha value is -0.303. The van der Waals surface area contributed by atoms with Gasteiger partial charge in [-0.25, -0.2) is 0 Å². The zero-order valence-corrected chi connectivity index (χ0v) is 42.7. The van der Waals surface area contributed by atoms with E-state index >= 15 is 0 Å². The predicted octanol–water partition coefficient (Wildman–Crippen LogP) is 7.58. The van der Waals surface area contributed by atoms with Gasteiger partial charge in [0, 0.05) is 80.0 Å². The highest BCUT2D eigenvalue weighted by molar-refractivity contribution is 6.60. The van der Waals surface area contributed by atoms with Crippen LogP contribution in [0, 0.1) is 17.8 Å². The van der Waals surface area contributed by atoms with Gasteiger partial charge in [0.1, 0.15) is 0 Å². The molecule has 0 aromatic heterocycles. The summed E-state index contributed by atoms with van der Waals surface area (Å²) in [5.41, 5.74) is 0. The molecule has 4 N–H and O–H groups in total. The quantitative estimate of drug-likeness (QED) is 0.0351. The molecule has 14 heteroatoms. The highest BCUT2D eigenvalue weighted by Gasteiger charge is 2.37. The lowest BCUT2D eigenvalue weighted by Gasteiger charge is -2.28. The Balaban J connectivity index is 5.29. The minimum atomic E-state index is -2.67. The molecule has 6 unspecified atom stereocenters. The van der Waals surface area contributed by atoms with Crippen molar-refractivity contribution in [3.8, 4) is 0 Å². The van der Waals surface area contributed by atoms with Gasteiger partial charge < -0.3 is 52.7 Å². The maximum atomic E-state index is 11.0. The first-order valence-corrected chi connectivity index (χ1v) is 27.0. The summed E-state index contributed by atoms with van der Waals surface area (Å²) in [4.78, 5) is 4.29. The number of ether oxygens (including phenoxy) is 4.